The van der Waals surface area contributed by atoms with Crippen LogP contribution in [0, 0.1) is 5.82 Å². The van der Waals surface area contributed by atoms with Crippen molar-refractivity contribution in [2.45, 2.75) is 32.4 Å². The van der Waals surface area contributed by atoms with Crippen molar-refractivity contribution in [2.75, 3.05) is 44.2 Å². The van der Waals surface area contributed by atoms with Crippen molar-refractivity contribution in [2.24, 2.45) is 0 Å². The molecule has 1 amide bonds. The van der Waals surface area contributed by atoms with E-state index in [2.05, 4.69) is 4.90 Å². The third-order valence-electron chi connectivity index (χ3n) is 4.64. The third kappa shape index (κ3) is 3.98. The number of phenolic OH excluding ortho intramolecular Hbond substituents is 1. The second-order valence-electron chi connectivity index (χ2n) is 7.67. The van der Waals surface area contributed by atoms with Crippen LogP contribution in [0.4, 0.5) is 14.9 Å². The quantitative estimate of drug-likeness (QED) is 0.886. The zero-order valence-electron chi connectivity index (χ0n) is 15.0. The fourth-order valence-corrected chi connectivity index (χ4v) is 3.23. The van der Waals surface area contributed by atoms with Crippen LogP contribution in [-0.4, -0.2) is 71.9 Å². The molecule has 0 unspecified atom stereocenters. The molecular formula is C18H26FN3O3. The van der Waals surface area contributed by atoms with Gasteiger partial charge in [0.15, 0.2) is 11.6 Å². The van der Waals surface area contributed by atoms with Gasteiger partial charge in [-0.3, -0.25) is 4.90 Å². The van der Waals surface area contributed by atoms with Crippen LogP contribution in [-0.2, 0) is 4.74 Å². The molecule has 1 aromatic carbocycles. The Balaban J connectivity index is 1.48. The fourth-order valence-electron chi connectivity index (χ4n) is 3.23. The molecule has 2 fully saturated rings. The summed E-state index contributed by atoms with van der Waals surface area (Å²) in [6.07, 6.45) is -0.260. The Bertz CT molecular complexity index is 633. The van der Waals surface area contributed by atoms with Crippen LogP contribution >= 0.6 is 0 Å². The van der Waals surface area contributed by atoms with Crippen LogP contribution in [0.25, 0.3) is 0 Å². The highest BCUT2D eigenvalue weighted by atomic mass is 19.1. The van der Waals surface area contributed by atoms with E-state index in [1.165, 1.54) is 6.07 Å². The molecule has 0 atom stereocenters. The Morgan fingerprint density at radius 3 is 2.44 bits per heavy atom. The molecule has 2 saturated heterocycles. The molecule has 0 radical (unpaired) electrons. The van der Waals surface area contributed by atoms with E-state index in [1.54, 1.807) is 17.0 Å². The molecule has 0 bridgehead atoms. The predicted molar refractivity (Wildman–Crippen MR) is 93.4 cm³/mol. The van der Waals surface area contributed by atoms with Crippen LogP contribution in [0.5, 0.6) is 5.75 Å². The molecule has 3 rings (SSSR count). The van der Waals surface area contributed by atoms with Gasteiger partial charge in [-0.15, -0.1) is 0 Å². The summed E-state index contributed by atoms with van der Waals surface area (Å²) in [6, 6.07) is 5.04. The molecule has 25 heavy (non-hydrogen) atoms. The minimum atomic E-state index is -0.560. The van der Waals surface area contributed by atoms with Gasteiger partial charge in [-0.2, -0.15) is 0 Å². The number of amides is 1. The maximum Gasteiger partial charge on any atom is 0.410 e. The van der Waals surface area contributed by atoms with Crippen molar-refractivity contribution in [3.05, 3.63) is 24.0 Å². The van der Waals surface area contributed by atoms with Gasteiger partial charge in [0, 0.05) is 45.3 Å². The van der Waals surface area contributed by atoms with Gasteiger partial charge in [-0.05, 0) is 32.9 Å². The molecule has 0 spiro atoms. The number of benzene rings is 1. The first-order valence-electron chi connectivity index (χ1n) is 8.69. The number of phenols is 1. The maximum atomic E-state index is 14.0. The molecule has 0 aliphatic carbocycles. The highest BCUT2D eigenvalue weighted by molar-refractivity contribution is 5.68. The zero-order valence-corrected chi connectivity index (χ0v) is 15.0. The van der Waals surface area contributed by atoms with Gasteiger partial charge < -0.3 is 19.6 Å². The first kappa shape index (κ1) is 17.8. The monoisotopic (exact) mass is 351 g/mol. The van der Waals surface area contributed by atoms with E-state index in [9.17, 15) is 14.3 Å². The number of halogens is 1. The minimum absolute atomic E-state index is 0.260. The molecule has 2 aliphatic heterocycles. The lowest BCUT2D eigenvalue weighted by atomic mass is 10.0. The molecule has 0 saturated carbocycles. The Hall–Kier alpha value is -2.02. The summed E-state index contributed by atoms with van der Waals surface area (Å²) in [5.41, 5.74) is -0.0304. The second-order valence-corrected chi connectivity index (χ2v) is 7.67. The molecule has 1 aromatic rings. The van der Waals surface area contributed by atoms with Gasteiger partial charge >= 0.3 is 6.09 Å². The van der Waals surface area contributed by atoms with Gasteiger partial charge in [0.25, 0.3) is 0 Å². The van der Waals surface area contributed by atoms with Crippen molar-refractivity contribution in [3.8, 4) is 5.75 Å². The topological polar surface area (TPSA) is 56.2 Å². The van der Waals surface area contributed by atoms with Gasteiger partial charge in [0.2, 0.25) is 0 Å². The average Bonchev–Trinajstić information content (AvgIpc) is 2.49. The SMILES string of the molecule is CC(C)(C)OC(=O)N1CCN(C2CN(c3cccc(O)c3F)C2)CC1. The van der Waals surface area contributed by atoms with Gasteiger partial charge in [-0.25, -0.2) is 9.18 Å². The first-order chi connectivity index (χ1) is 11.7. The predicted octanol–water partition coefficient (Wildman–Crippen LogP) is 2.27. The number of hydrogen-bond acceptors (Lipinski definition) is 5. The van der Waals surface area contributed by atoms with Crippen LogP contribution in [0.15, 0.2) is 18.2 Å². The largest absolute Gasteiger partial charge is 0.505 e. The lowest BCUT2D eigenvalue weighted by Crippen LogP contribution is -2.63. The standard InChI is InChI=1S/C18H26FN3O3/c1-18(2,3)25-17(24)21-9-7-20(8-10-21)13-11-22(12-13)14-5-4-6-15(23)16(14)19/h4-6,13,23H,7-12H2,1-3H3. The molecule has 1 N–H and O–H groups in total. The number of ether oxygens (including phenoxy) is 1. The maximum absolute atomic E-state index is 14.0. The zero-order chi connectivity index (χ0) is 18.2. The Morgan fingerprint density at radius 1 is 1.20 bits per heavy atom. The smallest absolute Gasteiger partial charge is 0.410 e. The Labute approximate surface area is 147 Å². The molecule has 138 valence electrons. The molecule has 7 heteroatoms. The van der Waals surface area contributed by atoms with Crippen LogP contribution in [0.2, 0.25) is 0 Å². The third-order valence-corrected chi connectivity index (χ3v) is 4.64. The van der Waals surface area contributed by atoms with Crippen LogP contribution in [0.1, 0.15) is 20.8 Å². The van der Waals surface area contributed by atoms with Crippen LogP contribution in [0.3, 0.4) is 0 Å². The summed E-state index contributed by atoms with van der Waals surface area (Å²) in [6.45, 7) is 9.93. The summed E-state index contributed by atoms with van der Waals surface area (Å²) < 4.78 is 19.4. The van der Waals surface area contributed by atoms with E-state index in [4.69, 9.17) is 4.74 Å². The van der Waals surface area contributed by atoms with Crippen molar-refractivity contribution >= 4 is 11.8 Å². The van der Waals surface area contributed by atoms with E-state index in [1.807, 2.05) is 25.7 Å². The molecule has 2 aliphatic rings. The number of aromatic hydroxyl groups is 1. The van der Waals surface area contributed by atoms with Gasteiger partial charge in [0.05, 0.1) is 5.69 Å². The molecule has 2 heterocycles. The highest BCUT2D eigenvalue weighted by Crippen LogP contribution is 2.31. The van der Waals surface area contributed by atoms with Crippen molar-refractivity contribution in [1.82, 2.24) is 9.80 Å². The summed E-state index contributed by atoms with van der Waals surface area (Å²) in [7, 11) is 0. The number of piperazine rings is 1. The summed E-state index contributed by atoms with van der Waals surface area (Å²) in [5.74, 6) is -0.873. The van der Waals surface area contributed by atoms with Crippen LogP contribution < -0.4 is 4.90 Å². The van der Waals surface area contributed by atoms with Crippen molar-refractivity contribution < 1.29 is 19.0 Å². The van der Waals surface area contributed by atoms with Gasteiger partial charge in [0.1, 0.15) is 5.60 Å². The number of hydrogen-bond donors (Lipinski definition) is 1. The Kier molecular flexibility index (Phi) is 4.77. The van der Waals surface area contributed by atoms with Crippen molar-refractivity contribution in [3.63, 3.8) is 0 Å². The average molecular weight is 351 g/mol. The van der Waals surface area contributed by atoms with E-state index in [0.717, 1.165) is 26.2 Å². The number of carbonyl (C=O) groups is 1. The van der Waals surface area contributed by atoms with Gasteiger partial charge in [-0.1, -0.05) is 6.07 Å². The van der Waals surface area contributed by atoms with E-state index >= 15 is 0 Å². The Morgan fingerprint density at radius 2 is 1.84 bits per heavy atom. The number of nitrogens with zero attached hydrogens (tertiary/aromatic N) is 3. The lowest BCUT2D eigenvalue weighted by Gasteiger charge is -2.49. The second kappa shape index (κ2) is 6.71. The fraction of sp³-hybridized carbons (Fsp3) is 0.611. The van der Waals surface area contributed by atoms with E-state index in [0.29, 0.717) is 24.8 Å². The number of rotatable bonds is 2. The summed E-state index contributed by atoms with van der Waals surface area (Å²) in [4.78, 5) is 18.1. The first-order valence-corrected chi connectivity index (χ1v) is 8.69. The van der Waals surface area contributed by atoms with Crippen molar-refractivity contribution in [1.29, 1.82) is 0 Å². The number of anilines is 1. The highest BCUT2D eigenvalue weighted by Gasteiger charge is 2.36. The molecule has 6 nitrogen and oxygen atoms in total. The summed E-state index contributed by atoms with van der Waals surface area (Å²) in [5, 5.41) is 9.48. The lowest BCUT2D eigenvalue weighted by molar-refractivity contribution is 0.00873. The molecular weight excluding hydrogens is 325 g/mol. The normalized spacial score (nSPS) is 19.7. The summed E-state index contributed by atoms with van der Waals surface area (Å²) >= 11 is 0. The minimum Gasteiger partial charge on any atom is -0.505 e. The number of carbonyl (C=O) groups excluding carboxylic acids is 1. The molecule has 0 aromatic heterocycles. The van der Waals surface area contributed by atoms with E-state index < -0.39 is 11.4 Å². The van der Waals surface area contributed by atoms with E-state index in [-0.39, 0.29) is 11.8 Å².